The molecule has 0 atom stereocenters. The average molecular weight is 339 g/mol. The first-order valence-electron chi connectivity index (χ1n) is 8.41. The molecule has 0 saturated heterocycles. The SMILES string of the molecule is CCN(CCO)c1ncnc(N(CC(C)C)CC(C)C)c1[N+](=O)[O-]. The largest absolute Gasteiger partial charge is 0.395 e. The van der Waals surface area contributed by atoms with Crippen LogP contribution in [-0.2, 0) is 0 Å². The fraction of sp³-hybridized carbons (Fsp3) is 0.750. The second-order valence-electron chi connectivity index (χ2n) is 6.62. The molecule has 0 aliphatic carbocycles. The number of rotatable bonds is 10. The van der Waals surface area contributed by atoms with Crippen molar-refractivity contribution in [1.82, 2.24) is 9.97 Å². The lowest BCUT2D eigenvalue weighted by Crippen LogP contribution is -2.34. The number of anilines is 2. The van der Waals surface area contributed by atoms with Gasteiger partial charge in [-0.15, -0.1) is 0 Å². The number of nitro groups is 1. The summed E-state index contributed by atoms with van der Waals surface area (Å²) in [7, 11) is 0. The molecule has 0 aliphatic heterocycles. The lowest BCUT2D eigenvalue weighted by atomic mass is 10.1. The molecule has 0 spiro atoms. The number of aliphatic hydroxyl groups excluding tert-OH is 1. The minimum absolute atomic E-state index is 0.0888. The monoisotopic (exact) mass is 339 g/mol. The molecule has 24 heavy (non-hydrogen) atoms. The standard InChI is InChI=1S/C16H29N5O3/c1-6-19(7-8-22)15-14(21(23)24)16(18-11-17-15)20(9-12(2)3)10-13(4)5/h11-13,22H,6-10H2,1-5H3. The molecule has 0 saturated carbocycles. The first-order chi connectivity index (χ1) is 11.3. The minimum atomic E-state index is -0.418. The zero-order valence-corrected chi connectivity index (χ0v) is 15.3. The molecule has 136 valence electrons. The van der Waals surface area contributed by atoms with Crippen molar-refractivity contribution in [2.45, 2.75) is 34.6 Å². The summed E-state index contributed by atoms with van der Waals surface area (Å²) < 4.78 is 0. The second kappa shape index (κ2) is 9.36. The van der Waals surface area contributed by atoms with Crippen LogP contribution >= 0.6 is 0 Å². The van der Waals surface area contributed by atoms with Gasteiger partial charge in [0.2, 0.25) is 11.6 Å². The summed E-state index contributed by atoms with van der Waals surface area (Å²) in [5.41, 5.74) is -0.0888. The van der Waals surface area contributed by atoms with Crippen molar-refractivity contribution in [3.63, 3.8) is 0 Å². The fourth-order valence-electron chi connectivity index (χ4n) is 2.65. The highest BCUT2D eigenvalue weighted by atomic mass is 16.6. The Hall–Kier alpha value is -1.96. The summed E-state index contributed by atoms with van der Waals surface area (Å²) in [6.45, 7) is 12.3. The van der Waals surface area contributed by atoms with E-state index in [9.17, 15) is 15.2 Å². The van der Waals surface area contributed by atoms with Crippen LogP contribution < -0.4 is 9.80 Å². The number of aromatic nitrogens is 2. The third kappa shape index (κ3) is 5.30. The Kier molecular flexibility index (Phi) is 7.84. The molecule has 8 nitrogen and oxygen atoms in total. The maximum atomic E-state index is 11.8. The fourth-order valence-corrected chi connectivity index (χ4v) is 2.65. The Balaban J connectivity index is 3.41. The van der Waals surface area contributed by atoms with E-state index in [-0.39, 0.29) is 18.1 Å². The van der Waals surface area contributed by atoms with Gasteiger partial charge in [0.25, 0.3) is 0 Å². The zero-order valence-electron chi connectivity index (χ0n) is 15.3. The summed E-state index contributed by atoms with van der Waals surface area (Å²) in [5, 5.41) is 21.0. The van der Waals surface area contributed by atoms with E-state index < -0.39 is 4.92 Å². The van der Waals surface area contributed by atoms with Gasteiger partial charge in [0, 0.05) is 26.2 Å². The Morgan fingerprint density at radius 2 is 1.62 bits per heavy atom. The first kappa shape index (κ1) is 20.1. The van der Waals surface area contributed by atoms with E-state index >= 15 is 0 Å². The Morgan fingerprint density at radius 3 is 2.00 bits per heavy atom. The van der Waals surface area contributed by atoms with E-state index in [1.54, 1.807) is 4.90 Å². The molecule has 8 heteroatoms. The molecule has 0 aliphatic rings. The van der Waals surface area contributed by atoms with Gasteiger partial charge in [-0.05, 0) is 18.8 Å². The average Bonchev–Trinajstić information content (AvgIpc) is 2.50. The van der Waals surface area contributed by atoms with Gasteiger partial charge in [0.15, 0.2) is 0 Å². The van der Waals surface area contributed by atoms with Crippen molar-refractivity contribution < 1.29 is 10.0 Å². The molecule has 0 fully saturated rings. The van der Waals surface area contributed by atoms with E-state index in [1.165, 1.54) is 6.33 Å². The smallest absolute Gasteiger partial charge is 0.353 e. The lowest BCUT2D eigenvalue weighted by molar-refractivity contribution is -0.383. The van der Waals surface area contributed by atoms with Gasteiger partial charge in [-0.3, -0.25) is 10.1 Å². The molecule has 0 radical (unpaired) electrons. The van der Waals surface area contributed by atoms with Crippen LogP contribution in [0, 0.1) is 22.0 Å². The van der Waals surface area contributed by atoms with Crippen LogP contribution in [0.15, 0.2) is 6.33 Å². The highest BCUT2D eigenvalue weighted by Gasteiger charge is 2.30. The molecule has 1 rings (SSSR count). The quantitative estimate of drug-likeness (QED) is 0.516. The molecule has 1 N–H and O–H groups in total. The van der Waals surface area contributed by atoms with Crippen molar-refractivity contribution in [2.24, 2.45) is 11.8 Å². The predicted octanol–water partition coefficient (Wildman–Crippen LogP) is 2.32. The van der Waals surface area contributed by atoms with Crippen LogP contribution in [0.4, 0.5) is 17.3 Å². The molecule has 0 bridgehead atoms. The number of hydrogen-bond donors (Lipinski definition) is 1. The Bertz CT molecular complexity index is 526. The van der Waals surface area contributed by atoms with Gasteiger partial charge in [0.05, 0.1) is 11.5 Å². The molecule has 0 amide bonds. The van der Waals surface area contributed by atoms with Crippen molar-refractivity contribution in [1.29, 1.82) is 0 Å². The molecule has 0 unspecified atom stereocenters. The van der Waals surface area contributed by atoms with Crippen molar-refractivity contribution in [2.75, 3.05) is 42.6 Å². The minimum Gasteiger partial charge on any atom is -0.395 e. The van der Waals surface area contributed by atoms with Crippen molar-refractivity contribution in [3.05, 3.63) is 16.4 Å². The normalized spacial score (nSPS) is 11.2. The molecular formula is C16H29N5O3. The van der Waals surface area contributed by atoms with Crippen LogP contribution in [0.2, 0.25) is 0 Å². The van der Waals surface area contributed by atoms with Gasteiger partial charge < -0.3 is 14.9 Å². The van der Waals surface area contributed by atoms with Gasteiger partial charge >= 0.3 is 5.69 Å². The molecule has 1 aromatic heterocycles. The maximum absolute atomic E-state index is 11.8. The molecule has 1 heterocycles. The van der Waals surface area contributed by atoms with E-state index in [4.69, 9.17) is 0 Å². The van der Waals surface area contributed by atoms with Crippen LogP contribution in [0.5, 0.6) is 0 Å². The van der Waals surface area contributed by atoms with E-state index in [1.807, 2.05) is 11.8 Å². The number of hydrogen-bond acceptors (Lipinski definition) is 7. The molecule has 0 aromatic carbocycles. The predicted molar refractivity (Wildman–Crippen MR) is 95.5 cm³/mol. The van der Waals surface area contributed by atoms with Crippen molar-refractivity contribution >= 4 is 17.3 Å². The highest BCUT2D eigenvalue weighted by Crippen LogP contribution is 2.34. The summed E-state index contributed by atoms with van der Waals surface area (Å²) in [4.78, 5) is 23.4. The van der Waals surface area contributed by atoms with Crippen LogP contribution in [0.3, 0.4) is 0 Å². The van der Waals surface area contributed by atoms with Gasteiger partial charge in [-0.2, -0.15) is 0 Å². The number of aliphatic hydroxyl groups is 1. The first-order valence-corrected chi connectivity index (χ1v) is 8.41. The molecular weight excluding hydrogens is 310 g/mol. The third-order valence-electron chi connectivity index (χ3n) is 3.49. The topological polar surface area (TPSA) is 95.6 Å². The third-order valence-corrected chi connectivity index (χ3v) is 3.49. The van der Waals surface area contributed by atoms with Crippen molar-refractivity contribution in [3.8, 4) is 0 Å². The van der Waals surface area contributed by atoms with Gasteiger partial charge in [0.1, 0.15) is 6.33 Å². The number of nitrogens with zero attached hydrogens (tertiary/aromatic N) is 5. The Morgan fingerprint density at radius 1 is 1.12 bits per heavy atom. The van der Waals surface area contributed by atoms with E-state index in [0.717, 1.165) is 0 Å². The highest BCUT2D eigenvalue weighted by molar-refractivity contribution is 5.71. The number of likely N-dealkylation sites (N-methyl/N-ethyl adjacent to an activating group) is 1. The summed E-state index contributed by atoms with van der Waals surface area (Å²) >= 11 is 0. The van der Waals surface area contributed by atoms with Crippen LogP contribution in [-0.4, -0.2) is 52.8 Å². The van der Waals surface area contributed by atoms with E-state index in [2.05, 4.69) is 37.7 Å². The lowest BCUT2D eigenvalue weighted by Gasteiger charge is -2.28. The maximum Gasteiger partial charge on any atom is 0.353 e. The summed E-state index contributed by atoms with van der Waals surface area (Å²) in [5.74, 6) is 1.31. The van der Waals surface area contributed by atoms with Gasteiger partial charge in [-0.25, -0.2) is 9.97 Å². The zero-order chi connectivity index (χ0) is 18.3. The van der Waals surface area contributed by atoms with E-state index in [0.29, 0.717) is 43.8 Å². The van der Waals surface area contributed by atoms with Crippen LogP contribution in [0.1, 0.15) is 34.6 Å². The van der Waals surface area contributed by atoms with Gasteiger partial charge in [-0.1, -0.05) is 27.7 Å². The van der Waals surface area contributed by atoms with Crippen LogP contribution in [0.25, 0.3) is 0 Å². The Labute approximate surface area is 143 Å². The molecule has 1 aromatic rings. The second-order valence-corrected chi connectivity index (χ2v) is 6.62. The summed E-state index contributed by atoms with van der Waals surface area (Å²) in [6.07, 6.45) is 1.37. The summed E-state index contributed by atoms with van der Waals surface area (Å²) in [6, 6.07) is 0.